The van der Waals surface area contributed by atoms with Crippen LogP contribution in [0.25, 0.3) is 0 Å². The van der Waals surface area contributed by atoms with Gasteiger partial charge in [0.15, 0.2) is 11.9 Å². The summed E-state index contributed by atoms with van der Waals surface area (Å²) >= 11 is 0. The number of carbonyl (C=O) groups excluding carboxylic acids is 1. The summed E-state index contributed by atoms with van der Waals surface area (Å²) in [6, 6.07) is 5.14. The van der Waals surface area contributed by atoms with Crippen LogP contribution in [0.4, 0.5) is 0 Å². The van der Waals surface area contributed by atoms with Crippen LogP contribution < -0.4 is 4.73 Å². The predicted molar refractivity (Wildman–Crippen MR) is 59.6 cm³/mol. The number of carbonyl (C=O) groups is 1. The van der Waals surface area contributed by atoms with Crippen molar-refractivity contribution in [1.29, 1.82) is 0 Å². The van der Waals surface area contributed by atoms with Gasteiger partial charge in [0.1, 0.15) is 5.60 Å². The fourth-order valence-corrected chi connectivity index (χ4v) is 1.28. The fourth-order valence-electron chi connectivity index (χ4n) is 1.28. The van der Waals surface area contributed by atoms with Crippen molar-refractivity contribution in [3.8, 4) is 0 Å². The number of nitrogens with zero attached hydrogens (tertiary/aromatic N) is 1. The number of hydrogen-bond acceptors (Lipinski definition) is 3. The first kappa shape index (κ1) is 12.5. The van der Waals surface area contributed by atoms with E-state index in [1.165, 1.54) is 6.20 Å². The van der Waals surface area contributed by atoms with Gasteiger partial charge < -0.3 is 9.94 Å². The average Bonchev–Trinajstić information content (AvgIpc) is 2.14. The van der Waals surface area contributed by atoms with Gasteiger partial charge in [0.05, 0.1) is 6.42 Å². The summed E-state index contributed by atoms with van der Waals surface area (Å²) in [6.07, 6.45) is 2.05. The van der Waals surface area contributed by atoms with Crippen LogP contribution in [-0.2, 0) is 16.0 Å². The fraction of sp³-hybridized carbons (Fsp3) is 0.500. The molecule has 0 atom stereocenters. The number of ether oxygens (including phenoxy) is 1. The highest BCUT2D eigenvalue weighted by Gasteiger charge is 2.17. The van der Waals surface area contributed by atoms with E-state index in [0.29, 0.717) is 12.1 Å². The van der Waals surface area contributed by atoms with Gasteiger partial charge in [-0.2, -0.15) is 4.73 Å². The monoisotopic (exact) mass is 223 g/mol. The molecule has 0 aliphatic rings. The summed E-state index contributed by atoms with van der Waals surface area (Å²) in [5.41, 5.74) is 0.106. The van der Waals surface area contributed by atoms with Gasteiger partial charge in [-0.1, -0.05) is 6.07 Å². The summed E-state index contributed by atoms with van der Waals surface area (Å²) in [5.74, 6) is -0.281. The lowest BCUT2D eigenvalue weighted by molar-refractivity contribution is -0.614. The van der Waals surface area contributed by atoms with Gasteiger partial charge in [-0.05, 0) is 20.8 Å². The van der Waals surface area contributed by atoms with E-state index in [4.69, 9.17) is 4.74 Å². The summed E-state index contributed by atoms with van der Waals surface area (Å²) in [4.78, 5) is 11.4. The number of aromatic nitrogens is 1. The molecule has 0 spiro atoms. The van der Waals surface area contributed by atoms with E-state index in [2.05, 4.69) is 0 Å². The van der Waals surface area contributed by atoms with Crippen LogP contribution in [0.5, 0.6) is 0 Å². The quantitative estimate of drug-likeness (QED) is 0.444. The van der Waals surface area contributed by atoms with E-state index < -0.39 is 5.60 Å². The van der Waals surface area contributed by atoms with Gasteiger partial charge in [-0.3, -0.25) is 4.79 Å². The number of pyridine rings is 1. The third kappa shape index (κ3) is 4.29. The zero-order chi connectivity index (χ0) is 12.2. The number of hydrogen-bond donors (Lipinski definition) is 0. The zero-order valence-electron chi connectivity index (χ0n) is 9.90. The molecular weight excluding hydrogens is 206 g/mol. The Labute approximate surface area is 95.4 Å². The van der Waals surface area contributed by atoms with Crippen molar-refractivity contribution in [1.82, 2.24) is 0 Å². The number of rotatable bonds is 3. The van der Waals surface area contributed by atoms with E-state index in [1.807, 2.05) is 20.8 Å². The Kier molecular flexibility index (Phi) is 3.88. The molecule has 0 aliphatic heterocycles. The molecule has 0 saturated heterocycles. The largest absolute Gasteiger partial charge is 0.619 e. The Balaban J connectivity index is 2.47. The summed E-state index contributed by atoms with van der Waals surface area (Å²) in [7, 11) is 0. The maximum absolute atomic E-state index is 11.4. The highest BCUT2D eigenvalue weighted by atomic mass is 16.6. The Hall–Kier alpha value is -1.58. The average molecular weight is 223 g/mol. The zero-order valence-corrected chi connectivity index (χ0v) is 9.90. The second-order valence-electron chi connectivity index (χ2n) is 4.60. The van der Waals surface area contributed by atoms with Crippen molar-refractivity contribution < 1.29 is 14.3 Å². The maximum atomic E-state index is 11.4. The molecule has 0 unspecified atom stereocenters. The molecule has 1 rings (SSSR count). The first-order valence-electron chi connectivity index (χ1n) is 5.27. The van der Waals surface area contributed by atoms with Crippen molar-refractivity contribution in [3.05, 3.63) is 35.3 Å². The van der Waals surface area contributed by atoms with Crippen LogP contribution >= 0.6 is 0 Å². The van der Waals surface area contributed by atoms with Crippen LogP contribution in [0.3, 0.4) is 0 Å². The van der Waals surface area contributed by atoms with E-state index in [-0.39, 0.29) is 12.4 Å². The van der Waals surface area contributed by atoms with Crippen molar-refractivity contribution in [3.63, 3.8) is 0 Å². The molecule has 0 saturated carbocycles. The molecule has 0 bridgehead atoms. The van der Waals surface area contributed by atoms with Crippen LogP contribution in [0.15, 0.2) is 24.4 Å². The molecule has 4 nitrogen and oxygen atoms in total. The normalized spacial score (nSPS) is 11.2. The molecule has 0 aliphatic carbocycles. The Morgan fingerprint density at radius 1 is 1.44 bits per heavy atom. The second kappa shape index (κ2) is 4.96. The molecule has 0 fully saturated rings. The smallest absolute Gasteiger partial charge is 0.306 e. The molecule has 88 valence electrons. The molecule has 1 heterocycles. The van der Waals surface area contributed by atoms with Gasteiger partial charge in [0, 0.05) is 18.6 Å². The summed E-state index contributed by atoms with van der Waals surface area (Å²) in [5, 5.41) is 11.3. The van der Waals surface area contributed by atoms with E-state index in [1.54, 1.807) is 18.2 Å². The molecule has 0 aromatic carbocycles. The third-order valence-electron chi connectivity index (χ3n) is 1.91. The molecule has 0 N–H and O–H groups in total. The highest BCUT2D eigenvalue weighted by Crippen LogP contribution is 2.09. The minimum absolute atomic E-state index is 0.226. The number of esters is 1. The molecule has 0 amide bonds. The summed E-state index contributed by atoms with van der Waals surface area (Å²) in [6.45, 7) is 5.46. The third-order valence-corrected chi connectivity index (χ3v) is 1.91. The minimum atomic E-state index is -0.471. The van der Waals surface area contributed by atoms with Crippen molar-refractivity contribution in [2.45, 2.75) is 39.2 Å². The van der Waals surface area contributed by atoms with Crippen LogP contribution in [0.2, 0.25) is 0 Å². The molecular formula is C12H17NO3. The minimum Gasteiger partial charge on any atom is -0.619 e. The van der Waals surface area contributed by atoms with Gasteiger partial charge in [0.2, 0.25) is 0 Å². The van der Waals surface area contributed by atoms with Gasteiger partial charge in [0.25, 0.3) is 0 Å². The van der Waals surface area contributed by atoms with E-state index in [9.17, 15) is 10.0 Å². The molecule has 0 radical (unpaired) electrons. The molecule has 4 heteroatoms. The first-order valence-corrected chi connectivity index (χ1v) is 5.27. The lowest BCUT2D eigenvalue weighted by atomic mass is 10.2. The van der Waals surface area contributed by atoms with Crippen LogP contribution in [0.1, 0.15) is 32.9 Å². The van der Waals surface area contributed by atoms with Crippen LogP contribution in [0, 0.1) is 5.21 Å². The van der Waals surface area contributed by atoms with Gasteiger partial charge in [-0.25, -0.2) is 0 Å². The van der Waals surface area contributed by atoms with Crippen molar-refractivity contribution in [2.24, 2.45) is 0 Å². The lowest BCUT2D eigenvalue weighted by Crippen LogP contribution is -2.31. The standard InChI is InChI=1S/C12H17NO3/c1-12(2,3)16-11(14)8-7-10-6-4-5-9-13(10)15/h4-6,9H,7-8H2,1-3H3. The van der Waals surface area contributed by atoms with E-state index >= 15 is 0 Å². The molecule has 1 aromatic heterocycles. The summed E-state index contributed by atoms with van der Waals surface area (Å²) < 4.78 is 5.92. The Morgan fingerprint density at radius 3 is 2.69 bits per heavy atom. The first-order chi connectivity index (χ1) is 7.38. The van der Waals surface area contributed by atoms with Gasteiger partial charge >= 0.3 is 5.97 Å². The van der Waals surface area contributed by atoms with Crippen molar-refractivity contribution in [2.75, 3.05) is 0 Å². The lowest BCUT2D eigenvalue weighted by Gasteiger charge is -2.19. The molecule has 16 heavy (non-hydrogen) atoms. The van der Waals surface area contributed by atoms with E-state index in [0.717, 1.165) is 4.73 Å². The molecule has 1 aromatic rings. The second-order valence-corrected chi connectivity index (χ2v) is 4.60. The topological polar surface area (TPSA) is 53.2 Å². The van der Waals surface area contributed by atoms with Crippen LogP contribution in [-0.4, -0.2) is 11.6 Å². The predicted octanol–water partition coefficient (Wildman–Crippen LogP) is 1.59. The van der Waals surface area contributed by atoms with Crippen molar-refractivity contribution >= 4 is 5.97 Å². The Bertz CT molecular complexity index is 369. The Morgan fingerprint density at radius 2 is 2.12 bits per heavy atom. The van der Waals surface area contributed by atoms with Gasteiger partial charge in [-0.15, -0.1) is 0 Å². The number of aryl methyl sites for hydroxylation is 1. The highest BCUT2D eigenvalue weighted by molar-refractivity contribution is 5.70. The SMILES string of the molecule is CC(C)(C)OC(=O)CCc1cccc[n+]1[O-]. The maximum Gasteiger partial charge on any atom is 0.306 e.